The molecule has 0 radical (unpaired) electrons. The topological polar surface area (TPSA) is 77.5 Å². The van der Waals surface area contributed by atoms with E-state index in [1.807, 2.05) is 47.4 Å². The maximum absolute atomic E-state index is 13.5. The van der Waals surface area contributed by atoms with Crippen molar-refractivity contribution in [3.8, 4) is 23.0 Å². The van der Waals surface area contributed by atoms with Gasteiger partial charge in [-0.25, -0.2) is 0 Å². The van der Waals surface area contributed by atoms with Crippen molar-refractivity contribution in [1.82, 2.24) is 4.90 Å². The van der Waals surface area contributed by atoms with Gasteiger partial charge in [0.05, 0.1) is 40.1 Å². The van der Waals surface area contributed by atoms with Crippen molar-refractivity contribution >= 4 is 12.0 Å². The highest BCUT2D eigenvalue weighted by atomic mass is 16.5. The van der Waals surface area contributed by atoms with E-state index >= 15 is 0 Å². The van der Waals surface area contributed by atoms with Crippen molar-refractivity contribution in [2.24, 2.45) is 5.92 Å². The Hall–Kier alpha value is -3.19. The summed E-state index contributed by atoms with van der Waals surface area (Å²) in [5.74, 6) is 2.17. The first-order chi connectivity index (χ1) is 16.9. The highest BCUT2D eigenvalue weighted by Crippen LogP contribution is 2.51. The van der Waals surface area contributed by atoms with Crippen LogP contribution in [0.4, 0.5) is 0 Å². The first kappa shape index (κ1) is 24.9. The lowest BCUT2D eigenvalue weighted by Crippen LogP contribution is -2.56. The number of rotatable bonds is 7. The van der Waals surface area contributed by atoms with Crippen LogP contribution in [0.1, 0.15) is 49.3 Å². The second-order valence-electron chi connectivity index (χ2n) is 9.25. The van der Waals surface area contributed by atoms with E-state index in [1.165, 1.54) is 0 Å². The molecule has 2 fully saturated rings. The molecule has 3 unspecified atom stereocenters. The molecular weight excluding hydrogens is 446 g/mol. The number of fused-ring (bicyclic) bond motifs is 1. The Morgan fingerprint density at radius 3 is 2.26 bits per heavy atom. The zero-order chi connectivity index (χ0) is 25.0. The lowest BCUT2D eigenvalue weighted by molar-refractivity contribution is -0.151. The van der Waals surface area contributed by atoms with E-state index < -0.39 is 5.60 Å². The second kappa shape index (κ2) is 10.6. The number of carbonyl (C=O) groups excluding carboxylic acids is 1. The zero-order valence-corrected chi connectivity index (χ0v) is 21.0. The van der Waals surface area contributed by atoms with Gasteiger partial charge in [0.25, 0.3) is 0 Å². The van der Waals surface area contributed by atoms with Gasteiger partial charge in [-0.15, -0.1) is 0 Å². The molecule has 7 heteroatoms. The van der Waals surface area contributed by atoms with Crippen LogP contribution in [-0.4, -0.2) is 56.5 Å². The number of methoxy groups -OCH3 is 4. The van der Waals surface area contributed by atoms with Gasteiger partial charge in [-0.2, -0.15) is 0 Å². The molecule has 1 aliphatic carbocycles. The Labute approximate surface area is 207 Å². The predicted octanol–water partition coefficient (Wildman–Crippen LogP) is 4.63. The number of amides is 1. The Kier molecular flexibility index (Phi) is 7.55. The molecule has 1 aliphatic heterocycles. The van der Waals surface area contributed by atoms with E-state index in [-0.39, 0.29) is 17.9 Å². The molecule has 0 bridgehead atoms. The van der Waals surface area contributed by atoms with Crippen LogP contribution < -0.4 is 18.9 Å². The SMILES string of the molecule is COc1ccc(C=CC(=O)N2CCC3(O)CCCCC3C2c2cc(OC)c(OC)c(OC)c2)cc1. The van der Waals surface area contributed by atoms with Crippen molar-refractivity contribution in [1.29, 1.82) is 0 Å². The molecule has 0 aromatic heterocycles. The van der Waals surface area contributed by atoms with Crippen molar-refractivity contribution in [2.75, 3.05) is 35.0 Å². The first-order valence-electron chi connectivity index (χ1n) is 12.1. The van der Waals surface area contributed by atoms with Gasteiger partial charge in [0.2, 0.25) is 11.7 Å². The molecule has 188 valence electrons. The lowest BCUT2D eigenvalue weighted by atomic mass is 9.66. The van der Waals surface area contributed by atoms with Crippen molar-refractivity contribution in [2.45, 2.75) is 43.7 Å². The molecule has 1 saturated heterocycles. The molecule has 0 spiro atoms. The van der Waals surface area contributed by atoms with E-state index in [0.29, 0.717) is 30.2 Å². The Bertz CT molecular complexity index is 1040. The third-order valence-electron chi connectivity index (χ3n) is 7.41. The minimum atomic E-state index is -0.792. The molecule has 7 nitrogen and oxygen atoms in total. The van der Waals surface area contributed by atoms with E-state index in [1.54, 1.807) is 34.5 Å². The number of ether oxygens (including phenoxy) is 4. The molecule has 2 aliphatic rings. The number of aliphatic hydroxyl groups is 1. The fourth-order valence-electron chi connectivity index (χ4n) is 5.59. The summed E-state index contributed by atoms with van der Waals surface area (Å²) in [4.78, 5) is 15.4. The smallest absolute Gasteiger partial charge is 0.247 e. The standard InChI is InChI=1S/C28H35NO6/c1-32-21-11-8-19(9-12-21)10-13-25(30)29-16-15-28(31)14-6-5-7-22(28)26(29)20-17-23(33-2)27(35-4)24(18-20)34-3/h8-13,17-18,22,26,31H,5-7,14-16H2,1-4H3. The van der Waals surface area contributed by atoms with Crippen molar-refractivity contribution in [3.05, 3.63) is 53.6 Å². The molecule has 2 aromatic rings. The summed E-state index contributed by atoms with van der Waals surface area (Å²) >= 11 is 0. The number of carbonyl (C=O) groups is 1. The quantitative estimate of drug-likeness (QED) is 0.581. The summed E-state index contributed by atoms with van der Waals surface area (Å²) in [5.41, 5.74) is 0.991. The number of likely N-dealkylation sites (tertiary alicyclic amines) is 1. The summed E-state index contributed by atoms with van der Waals surface area (Å²) in [6.07, 6.45) is 7.63. The molecule has 2 aromatic carbocycles. The zero-order valence-electron chi connectivity index (χ0n) is 21.0. The molecule has 1 N–H and O–H groups in total. The summed E-state index contributed by atoms with van der Waals surface area (Å²) in [6.45, 7) is 0.472. The average molecular weight is 482 g/mol. The minimum Gasteiger partial charge on any atom is -0.497 e. The van der Waals surface area contributed by atoms with E-state index in [2.05, 4.69) is 0 Å². The van der Waals surface area contributed by atoms with E-state index in [4.69, 9.17) is 18.9 Å². The van der Waals surface area contributed by atoms with Gasteiger partial charge in [0.15, 0.2) is 11.5 Å². The van der Waals surface area contributed by atoms with E-state index in [9.17, 15) is 9.90 Å². The predicted molar refractivity (Wildman–Crippen MR) is 134 cm³/mol. The number of benzene rings is 2. The van der Waals surface area contributed by atoms with Crippen LogP contribution in [0.15, 0.2) is 42.5 Å². The Morgan fingerprint density at radius 2 is 1.66 bits per heavy atom. The molecular formula is C28H35NO6. The van der Waals surface area contributed by atoms with Crippen LogP contribution in [0.3, 0.4) is 0 Å². The third kappa shape index (κ3) is 4.96. The number of nitrogens with zero attached hydrogens (tertiary/aromatic N) is 1. The molecule has 1 saturated carbocycles. The molecule has 35 heavy (non-hydrogen) atoms. The Balaban J connectivity index is 1.72. The van der Waals surface area contributed by atoms with Crippen LogP contribution in [-0.2, 0) is 4.79 Å². The van der Waals surface area contributed by atoms with Crippen LogP contribution in [0.2, 0.25) is 0 Å². The third-order valence-corrected chi connectivity index (χ3v) is 7.41. The lowest BCUT2D eigenvalue weighted by Gasteiger charge is -2.52. The highest BCUT2D eigenvalue weighted by molar-refractivity contribution is 5.92. The van der Waals surface area contributed by atoms with Crippen LogP contribution in [0.25, 0.3) is 6.08 Å². The highest BCUT2D eigenvalue weighted by Gasteiger charge is 2.50. The van der Waals surface area contributed by atoms with Gasteiger partial charge < -0.3 is 29.0 Å². The summed E-state index contributed by atoms with van der Waals surface area (Å²) in [5, 5.41) is 11.6. The fraction of sp³-hybridized carbons (Fsp3) is 0.464. The van der Waals surface area contributed by atoms with Gasteiger partial charge in [0.1, 0.15) is 5.75 Å². The summed E-state index contributed by atoms with van der Waals surface area (Å²) < 4.78 is 21.9. The second-order valence-corrected chi connectivity index (χ2v) is 9.25. The Morgan fingerprint density at radius 1 is 0.971 bits per heavy atom. The van der Waals surface area contributed by atoms with Crippen molar-refractivity contribution in [3.63, 3.8) is 0 Å². The van der Waals surface area contributed by atoms with Gasteiger partial charge in [-0.1, -0.05) is 25.0 Å². The molecule has 4 rings (SSSR count). The number of hydrogen-bond acceptors (Lipinski definition) is 6. The van der Waals surface area contributed by atoms with Gasteiger partial charge in [-0.05, 0) is 60.7 Å². The largest absolute Gasteiger partial charge is 0.497 e. The van der Waals surface area contributed by atoms with Crippen molar-refractivity contribution < 1.29 is 28.8 Å². The van der Waals surface area contributed by atoms with Crippen LogP contribution in [0.5, 0.6) is 23.0 Å². The summed E-state index contributed by atoms with van der Waals surface area (Å²) in [6, 6.07) is 11.1. The van der Waals surface area contributed by atoms with Gasteiger partial charge in [0, 0.05) is 18.5 Å². The number of hydrogen-bond donors (Lipinski definition) is 1. The fourth-order valence-corrected chi connectivity index (χ4v) is 5.59. The van der Waals surface area contributed by atoms with Crippen LogP contribution in [0, 0.1) is 5.92 Å². The average Bonchev–Trinajstić information content (AvgIpc) is 2.90. The van der Waals surface area contributed by atoms with Crippen LogP contribution >= 0.6 is 0 Å². The van der Waals surface area contributed by atoms with E-state index in [0.717, 1.165) is 42.6 Å². The first-order valence-corrected chi connectivity index (χ1v) is 12.1. The normalized spacial score (nSPS) is 24.1. The maximum Gasteiger partial charge on any atom is 0.247 e. The number of piperidine rings is 1. The summed E-state index contributed by atoms with van der Waals surface area (Å²) in [7, 11) is 6.36. The molecule has 3 atom stereocenters. The minimum absolute atomic E-state index is 0.0776. The molecule has 1 heterocycles. The molecule has 1 amide bonds. The van der Waals surface area contributed by atoms with Gasteiger partial charge >= 0.3 is 0 Å². The maximum atomic E-state index is 13.5. The monoisotopic (exact) mass is 481 g/mol. The van der Waals surface area contributed by atoms with Gasteiger partial charge in [-0.3, -0.25) is 4.79 Å².